The van der Waals surface area contributed by atoms with Gasteiger partial charge >= 0.3 is 0 Å². The smallest absolute Gasteiger partial charge is 0.223 e. The Morgan fingerprint density at radius 3 is 2.74 bits per heavy atom. The molecule has 1 heterocycles. The number of amidine groups is 1. The average molecular weight is 325 g/mol. The Labute approximate surface area is 129 Å². The molecule has 4 atom stereocenters. The zero-order valence-electron chi connectivity index (χ0n) is 11.9. The normalized spacial score (nSPS) is 33.3. The highest BCUT2D eigenvalue weighted by molar-refractivity contribution is 6.30. The van der Waals surface area contributed by atoms with Crippen molar-refractivity contribution in [1.82, 2.24) is 10.8 Å². The van der Waals surface area contributed by atoms with Crippen LogP contribution in [0.2, 0.25) is 0 Å². The van der Waals surface area contributed by atoms with Crippen LogP contribution in [0.15, 0.2) is 10.1 Å². The Kier molecular flexibility index (Phi) is 5.57. The van der Waals surface area contributed by atoms with E-state index in [4.69, 9.17) is 26.3 Å². The molecule has 124 valence electrons. The number of guanidine groups is 1. The third kappa shape index (κ3) is 3.21. The van der Waals surface area contributed by atoms with Crippen LogP contribution < -0.4 is 10.8 Å². The van der Waals surface area contributed by atoms with Crippen molar-refractivity contribution in [2.75, 3.05) is 6.61 Å². The number of nitriles is 1. The molecule has 0 spiro atoms. The molecule has 13 nitrogen and oxygen atoms in total. The van der Waals surface area contributed by atoms with Gasteiger partial charge in [-0.1, -0.05) is 5.11 Å². The fourth-order valence-corrected chi connectivity index (χ4v) is 1.94. The van der Waals surface area contributed by atoms with E-state index in [1.54, 1.807) is 11.5 Å². The van der Waals surface area contributed by atoms with Crippen LogP contribution in [0, 0.1) is 27.6 Å². The van der Waals surface area contributed by atoms with E-state index in [2.05, 4.69) is 20.3 Å². The van der Waals surface area contributed by atoms with Gasteiger partial charge in [0.2, 0.25) is 5.96 Å². The molecule has 13 heteroatoms. The van der Waals surface area contributed by atoms with E-state index in [1.807, 2.05) is 0 Å². The number of hydrogen-bond donors (Lipinski definition) is 7. The lowest BCUT2D eigenvalue weighted by Crippen LogP contribution is -2.46. The fourth-order valence-electron chi connectivity index (χ4n) is 1.94. The van der Waals surface area contributed by atoms with Gasteiger partial charge in [0.25, 0.3) is 0 Å². The van der Waals surface area contributed by atoms with Crippen molar-refractivity contribution in [1.29, 1.82) is 16.1 Å². The quantitative estimate of drug-likeness (QED) is 0.0831. The number of aliphatic hydroxyl groups excluding tert-OH is 2. The van der Waals surface area contributed by atoms with E-state index in [0.29, 0.717) is 6.21 Å². The lowest BCUT2D eigenvalue weighted by Gasteiger charge is -2.26. The molecule has 0 aromatic rings. The van der Waals surface area contributed by atoms with Crippen molar-refractivity contribution in [3.8, 4) is 6.07 Å². The number of nitrogens with one attached hydrogen (secondary N) is 4. The lowest BCUT2D eigenvalue weighted by atomic mass is 9.82. The van der Waals surface area contributed by atoms with E-state index >= 15 is 0 Å². The monoisotopic (exact) mass is 325 g/mol. The summed E-state index contributed by atoms with van der Waals surface area (Å²) in [7, 11) is 0. The third-order valence-corrected chi connectivity index (χ3v) is 3.26. The maximum absolute atomic E-state index is 10.3. The van der Waals surface area contributed by atoms with Gasteiger partial charge in [0.1, 0.15) is 17.4 Å². The maximum Gasteiger partial charge on any atom is 0.223 e. The molecule has 0 radical (unpaired) electrons. The summed E-state index contributed by atoms with van der Waals surface area (Å²) in [6.45, 7) is 0.347. The van der Waals surface area contributed by atoms with Crippen LogP contribution in [0.1, 0.15) is 6.92 Å². The molecule has 0 amide bonds. The highest BCUT2D eigenvalue weighted by Crippen LogP contribution is 2.45. The number of nitrogens with zero attached hydrogens (tertiary/aromatic N) is 5. The van der Waals surface area contributed by atoms with Crippen molar-refractivity contribution in [3.05, 3.63) is 10.4 Å². The second-order valence-electron chi connectivity index (χ2n) is 4.73. The number of aliphatic hydroxyl groups is 2. The van der Waals surface area contributed by atoms with Gasteiger partial charge in [-0.15, -0.1) is 0 Å². The summed E-state index contributed by atoms with van der Waals surface area (Å²) < 4.78 is 5.26. The predicted octanol–water partition coefficient (Wildman–Crippen LogP) is -1.22. The number of rotatable bonds is 4. The van der Waals surface area contributed by atoms with E-state index < -0.39 is 41.9 Å². The first-order valence-electron chi connectivity index (χ1n) is 6.11. The topological polar surface area (TPSA) is 227 Å². The van der Waals surface area contributed by atoms with Crippen LogP contribution in [0.4, 0.5) is 0 Å². The Hall–Kier alpha value is -2.75. The van der Waals surface area contributed by atoms with Crippen LogP contribution in [0.25, 0.3) is 10.4 Å². The molecular formula is C10H15N9O4. The molecule has 1 saturated heterocycles. The maximum atomic E-state index is 10.3. The largest absolute Gasteiger partial charge is 0.393 e. The molecule has 1 rings (SSSR count). The summed E-state index contributed by atoms with van der Waals surface area (Å²) in [5.41, 5.74) is 6.32. The summed E-state index contributed by atoms with van der Waals surface area (Å²) >= 11 is 0. The second kappa shape index (κ2) is 7.01. The Morgan fingerprint density at radius 1 is 1.65 bits per heavy atom. The minimum Gasteiger partial charge on any atom is -0.393 e. The van der Waals surface area contributed by atoms with E-state index in [0.717, 1.165) is 0 Å². The number of aliphatic imine (C=N–C) groups is 1. The first-order chi connectivity index (χ1) is 10.8. The fraction of sp³-hybridized carbons (Fsp3) is 0.600. The van der Waals surface area contributed by atoms with Crippen molar-refractivity contribution in [2.24, 2.45) is 15.5 Å². The number of ether oxygens (including phenoxy) is 1. The second-order valence-corrected chi connectivity index (χ2v) is 4.73. The minimum atomic E-state index is -2.12. The van der Waals surface area contributed by atoms with Gasteiger partial charge in [-0.3, -0.25) is 10.6 Å². The summed E-state index contributed by atoms with van der Waals surface area (Å²) in [6, 6.07) is 1.77. The Balaban J connectivity index is 3.29. The van der Waals surface area contributed by atoms with Gasteiger partial charge in [0.15, 0.2) is 12.0 Å². The Morgan fingerprint density at radius 2 is 2.30 bits per heavy atom. The standard InChI is InChI=1S/C10H15N9O4/c1-9(3-12)6(21)10(4-20,18-19-14)23-7(9)16-8(17-22)15-5(13)2-11/h2,6-7,11,20-22H,4H2,1H3,(H3,13,15,16,17)/t6-,7+,9+,10+/m0/s1. The van der Waals surface area contributed by atoms with Crippen molar-refractivity contribution < 1.29 is 20.2 Å². The molecule has 7 N–H and O–H groups in total. The molecule has 23 heavy (non-hydrogen) atoms. The SMILES string of the molecule is C[C@]1(C#N)[C@H](N=C(NO)NC(=N)C=N)O[C@@](CO)(N=[N+]=[N-])[C@H]1O. The lowest BCUT2D eigenvalue weighted by molar-refractivity contribution is -0.105. The molecule has 1 aliphatic heterocycles. The van der Waals surface area contributed by atoms with Crippen molar-refractivity contribution >= 4 is 18.0 Å². The summed E-state index contributed by atoms with van der Waals surface area (Å²) in [4.78, 5) is 6.27. The van der Waals surface area contributed by atoms with Gasteiger partial charge in [-0.05, 0) is 12.5 Å². The van der Waals surface area contributed by atoms with Gasteiger partial charge in [-0.25, -0.2) is 10.5 Å². The molecule has 0 aromatic heterocycles. The van der Waals surface area contributed by atoms with Crippen molar-refractivity contribution in [3.63, 3.8) is 0 Å². The van der Waals surface area contributed by atoms with Gasteiger partial charge < -0.3 is 25.7 Å². The van der Waals surface area contributed by atoms with Gasteiger partial charge in [0, 0.05) is 4.91 Å². The first kappa shape index (κ1) is 18.3. The molecular weight excluding hydrogens is 310 g/mol. The van der Waals surface area contributed by atoms with Crippen LogP contribution in [-0.4, -0.2) is 58.1 Å². The summed E-state index contributed by atoms with van der Waals surface area (Å²) in [6.07, 6.45) is -2.55. The highest BCUT2D eigenvalue weighted by atomic mass is 16.6. The molecule has 0 unspecified atom stereocenters. The van der Waals surface area contributed by atoms with Gasteiger partial charge in [-0.2, -0.15) is 5.26 Å². The minimum absolute atomic E-state index is 0.439. The Bertz CT molecular complexity index is 610. The summed E-state index contributed by atoms with van der Waals surface area (Å²) in [5.74, 6) is -0.891. The van der Waals surface area contributed by atoms with E-state index in [9.17, 15) is 15.5 Å². The summed E-state index contributed by atoms with van der Waals surface area (Å²) in [5, 5.41) is 57.5. The highest BCUT2D eigenvalue weighted by Gasteiger charge is 2.62. The molecule has 1 aliphatic rings. The van der Waals surface area contributed by atoms with Crippen LogP contribution >= 0.6 is 0 Å². The van der Waals surface area contributed by atoms with E-state index in [1.165, 1.54) is 6.92 Å². The van der Waals surface area contributed by atoms with Crippen molar-refractivity contribution in [2.45, 2.75) is 25.0 Å². The van der Waals surface area contributed by atoms with Crippen LogP contribution in [-0.2, 0) is 4.74 Å². The molecule has 1 fully saturated rings. The number of hydroxylamine groups is 1. The van der Waals surface area contributed by atoms with Crippen LogP contribution in [0.5, 0.6) is 0 Å². The average Bonchev–Trinajstić information content (AvgIpc) is 2.77. The molecule has 0 saturated carbocycles. The predicted molar refractivity (Wildman–Crippen MR) is 75.6 cm³/mol. The molecule has 0 bridgehead atoms. The zero-order valence-corrected chi connectivity index (χ0v) is 11.9. The third-order valence-electron chi connectivity index (χ3n) is 3.26. The van der Waals surface area contributed by atoms with Gasteiger partial charge in [0.05, 0.1) is 18.9 Å². The van der Waals surface area contributed by atoms with Crippen LogP contribution in [0.3, 0.4) is 0 Å². The zero-order chi connectivity index (χ0) is 17.7. The molecule has 0 aromatic carbocycles. The van der Waals surface area contributed by atoms with E-state index in [-0.39, 0.29) is 0 Å². The first-order valence-corrected chi connectivity index (χ1v) is 6.11. The number of azide groups is 1. The molecule has 0 aliphatic carbocycles. The number of hydrogen-bond acceptors (Lipinski definition) is 9.